The van der Waals surface area contributed by atoms with Crippen molar-refractivity contribution in [2.75, 3.05) is 42.9 Å². The van der Waals surface area contributed by atoms with Crippen LogP contribution in [0, 0.1) is 17.3 Å². The number of ether oxygens (including phenoxy) is 1. The molecule has 0 radical (unpaired) electrons. The molecule has 1 spiro atoms. The second-order valence-corrected chi connectivity index (χ2v) is 12.7. The Morgan fingerprint density at radius 1 is 1.12 bits per heavy atom. The van der Waals surface area contributed by atoms with Gasteiger partial charge in [-0.25, -0.2) is 9.78 Å². The Balaban J connectivity index is 1.01. The summed E-state index contributed by atoms with van der Waals surface area (Å²) in [6, 6.07) is 9.43. The van der Waals surface area contributed by atoms with Crippen molar-refractivity contribution in [1.29, 1.82) is 0 Å². The zero-order valence-corrected chi connectivity index (χ0v) is 23.2. The summed E-state index contributed by atoms with van der Waals surface area (Å²) in [7, 11) is 0. The molecular weight excluding hydrogens is 504 g/mol. The molecule has 1 aromatic carbocycles. The molecule has 2 saturated carbocycles. The molecule has 1 N–H and O–H groups in total. The van der Waals surface area contributed by atoms with Crippen molar-refractivity contribution in [1.82, 2.24) is 19.8 Å². The number of cyclic esters (lactones) is 1. The fourth-order valence-electron chi connectivity index (χ4n) is 6.56. The van der Waals surface area contributed by atoms with Crippen molar-refractivity contribution in [2.45, 2.75) is 57.7 Å². The Hall–Kier alpha value is -3.46. The van der Waals surface area contributed by atoms with E-state index in [0.29, 0.717) is 30.3 Å². The lowest BCUT2D eigenvalue weighted by Gasteiger charge is -2.62. The molecule has 2 aliphatic carbocycles. The SMILES string of the molecule is C=CC(=O)N1CC2(C1)CN(C(CC1CC1)c1ccc([C@H](C)Nc3ncc4c(n3)N(CC3CC3)C(=O)OC4)cc1)C2. The molecule has 210 valence electrons. The highest BCUT2D eigenvalue weighted by atomic mass is 16.6. The third-order valence-corrected chi connectivity index (χ3v) is 9.28. The fourth-order valence-corrected chi connectivity index (χ4v) is 6.56. The molecule has 4 fully saturated rings. The van der Waals surface area contributed by atoms with Gasteiger partial charge in [-0.1, -0.05) is 43.7 Å². The molecular formula is C31H38N6O3. The number of anilines is 2. The summed E-state index contributed by atoms with van der Waals surface area (Å²) in [4.78, 5) is 39.8. The molecule has 1 unspecified atom stereocenters. The van der Waals surface area contributed by atoms with Gasteiger partial charge < -0.3 is 15.0 Å². The van der Waals surface area contributed by atoms with E-state index in [9.17, 15) is 9.59 Å². The van der Waals surface area contributed by atoms with Crippen LogP contribution in [0.15, 0.2) is 43.1 Å². The number of amides is 2. The highest BCUT2D eigenvalue weighted by Gasteiger charge is 2.54. The van der Waals surface area contributed by atoms with Crippen LogP contribution in [0.25, 0.3) is 0 Å². The van der Waals surface area contributed by atoms with Crippen LogP contribution in [0.1, 0.15) is 67.8 Å². The van der Waals surface area contributed by atoms with Crippen LogP contribution in [0.2, 0.25) is 0 Å². The standard InChI is InChI=1S/C31H38N6O3/c1-3-27(38)36-18-31(19-36)16-35(17-31)26(12-21-4-5-21)24-10-8-23(9-11-24)20(2)33-29-32-13-25-15-40-30(39)37(28(25)34-29)14-22-6-7-22/h3,8-11,13,20-22,26H,1,4-7,12,14-19H2,2H3,(H,32,33,34)/t20-,26?/m0/s1. The molecule has 7 rings (SSSR count). The quantitative estimate of drug-likeness (QED) is 0.436. The first-order valence-corrected chi connectivity index (χ1v) is 14.7. The van der Waals surface area contributed by atoms with E-state index in [2.05, 4.69) is 53.0 Å². The van der Waals surface area contributed by atoms with Gasteiger partial charge in [0.25, 0.3) is 0 Å². The zero-order valence-electron chi connectivity index (χ0n) is 23.2. The predicted octanol–water partition coefficient (Wildman–Crippen LogP) is 4.69. The molecule has 3 aliphatic heterocycles. The number of carbonyl (C=O) groups excluding carboxylic acids is 2. The molecule has 0 bridgehead atoms. The number of nitrogens with one attached hydrogen (secondary N) is 1. The fraction of sp³-hybridized carbons (Fsp3) is 0.548. The Bertz CT molecular complexity index is 1310. The van der Waals surface area contributed by atoms with Gasteiger partial charge in [0.15, 0.2) is 0 Å². The topological polar surface area (TPSA) is 90.9 Å². The number of aromatic nitrogens is 2. The number of hydrogen-bond acceptors (Lipinski definition) is 7. The number of rotatable bonds is 10. The highest BCUT2D eigenvalue weighted by Crippen LogP contribution is 2.48. The molecule has 2 aromatic rings. The van der Waals surface area contributed by atoms with E-state index in [1.54, 1.807) is 11.1 Å². The molecule has 5 aliphatic rings. The van der Waals surface area contributed by atoms with Crippen LogP contribution < -0.4 is 10.2 Å². The molecule has 9 heteroatoms. The minimum atomic E-state index is -0.318. The smallest absolute Gasteiger partial charge is 0.415 e. The van der Waals surface area contributed by atoms with Crippen LogP contribution in [0.4, 0.5) is 16.6 Å². The van der Waals surface area contributed by atoms with Gasteiger partial charge in [0.2, 0.25) is 11.9 Å². The van der Waals surface area contributed by atoms with Crippen molar-refractivity contribution < 1.29 is 14.3 Å². The van der Waals surface area contributed by atoms with Crippen LogP contribution >= 0.6 is 0 Å². The van der Waals surface area contributed by atoms with Crippen LogP contribution in [0.3, 0.4) is 0 Å². The van der Waals surface area contributed by atoms with Gasteiger partial charge in [-0.3, -0.25) is 14.6 Å². The Morgan fingerprint density at radius 2 is 1.82 bits per heavy atom. The van der Waals surface area contributed by atoms with Crippen LogP contribution in [-0.2, 0) is 16.1 Å². The molecule has 2 amide bonds. The Labute approximate surface area is 235 Å². The normalized spacial score (nSPS) is 23.0. The maximum atomic E-state index is 12.4. The third-order valence-electron chi connectivity index (χ3n) is 9.28. The Kier molecular flexibility index (Phi) is 6.29. The maximum Gasteiger partial charge on any atom is 0.415 e. The van der Waals surface area contributed by atoms with Crippen molar-refractivity contribution in [2.24, 2.45) is 17.3 Å². The van der Waals surface area contributed by atoms with E-state index >= 15 is 0 Å². The van der Waals surface area contributed by atoms with Crippen LogP contribution in [-0.4, -0.2) is 64.5 Å². The van der Waals surface area contributed by atoms with E-state index in [0.717, 1.165) is 50.5 Å². The molecule has 40 heavy (non-hydrogen) atoms. The minimum absolute atomic E-state index is 0.0111. The summed E-state index contributed by atoms with van der Waals surface area (Å²) in [6.07, 6.45) is 9.06. The first-order chi connectivity index (χ1) is 19.4. The van der Waals surface area contributed by atoms with Gasteiger partial charge in [0, 0.05) is 50.4 Å². The zero-order chi connectivity index (χ0) is 27.4. The van der Waals surface area contributed by atoms with Gasteiger partial charge in [-0.2, -0.15) is 4.98 Å². The van der Waals surface area contributed by atoms with Crippen molar-refractivity contribution in [3.05, 3.63) is 59.8 Å². The molecule has 2 atom stereocenters. The lowest BCUT2D eigenvalue weighted by atomic mass is 9.71. The largest absolute Gasteiger partial charge is 0.444 e. The number of benzene rings is 1. The van der Waals surface area contributed by atoms with Gasteiger partial charge in [-0.15, -0.1) is 0 Å². The summed E-state index contributed by atoms with van der Waals surface area (Å²) >= 11 is 0. The first kappa shape index (κ1) is 25.5. The third kappa shape index (κ3) is 4.96. The van der Waals surface area contributed by atoms with Gasteiger partial charge in [0.05, 0.1) is 11.6 Å². The highest BCUT2D eigenvalue weighted by molar-refractivity contribution is 5.89. The average Bonchev–Trinajstić information content (AvgIpc) is 3.84. The molecule has 9 nitrogen and oxygen atoms in total. The van der Waals surface area contributed by atoms with Gasteiger partial charge in [0.1, 0.15) is 12.4 Å². The summed E-state index contributed by atoms with van der Waals surface area (Å²) in [6.45, 7) is 10.5. The lowest BCUT2D eigenvalue weighted by molar-refractivity contribution is -0.159. The summed E-state index contributed by atoms with van der Waals surface area (Å²) in [5.41, 5.74) is 3.66. The summed E-state index contributed by atoms with van der Waals surface area (Å²) < 4.78 is 5.33. The second kappa shape index (κ2) is 9.87. The van der Waals surface area contributed by atoms with Crippen molar-refractivity contribution >= 4 is 23.8 Å². The number of fused-ring (bicyclic) bond motifs is 1. The van der Waals surface area contributed by atoms with E-state index in [1.165, 1.54) is 36.5 Å². The predicted molar refractivity (Wildman–Crippen MR) is 152 cm³/mol. The van der Waals surface area contributed by atoms with Gasteiger partial charge in [-0.05, 0) is 55.2 Å². The van der Waals surface area contributed by atoms with Crippen molar-refractivity contribution in [3.8, 4) is 0 Å². The van der Waals surface area contributed by atoms with Crippen LogP contribution in [0.5, 0.6) is 0 Å². The van der Waals surface area contributed by atoms with Gasteiger partial charge >= 0.3 is 6.09 Å². The molecule has 4 heterocycles. The summed E-state index contributed by atoms with van der Waals surface area (Å²) in [5, 5.41) is 3.44. The second-order valence-electron chi connectivity index (χ2n) is 12.7. The number of nitrogens with zero attached hydrogens (tertiary/aromatic N) is 5. The number of carbonyl (C=O) groups is 2. The maximum absolute atomic E-state index is 12.4. The Morgan fingerprint density at radius 3 is 2.50 bits per heavy atom. The van der Waals surface area contributed by atoms with E-state index in [4.69, 9.17) is 9.72 Å². The average molecular weight is 543 g/mol. The van der Waals surface area contributed by atoms with E-state index < -0.39 is 0 Å². The number of hydrogen-bond donors (Lipinski definition) is 1. The summed E-state index contributed by atoms with van der Waals surface area (Å²) in [5.74, 6) is 2.61. The first-order valence-electron chi connectivity index (χ1n) is 14.7. The van der Waals surface area contributed by atoms with E-state index in [1.807, 2.05) is 4.90 Å². The minimum Gasteiger partial charge on any atom is -0.444 e. The number of likely N-dealkylation sites (tertiary alicyclic amines) is 2. The molecule has 2 saturated heterocycles. The lowest BCUT2D eigenvalue weighted by Crippen LogP contribution is -2.73. The van der Waals surface area contributed by atoms with E-state index in [-0.39, 0.29) is 30.1 Å². The molecule has 1 aromatic heterocycles. The monoisotopic (exact) mass is 542 g/mol. The van der Waals surface area contributed by atoms with Crippen molar-refractivity contribution in [3.63, 3.8) is 0 Å².